The van der Waals surface area contributed by atoms with E-state index < -0.39 is 37.3 Å². The van der Waals surface area contributed by atoms with E-state index in [1.165, 1.54) is 0 Å². The van der Waals surface area contributed by atoms with Gasteiger partial charge in [-0.1, -0.05) is 0 Å². The Morgan fingerprint density at radius 3 is 1.29 bits per heavy atom. The van der Waals surface area contributed by atoms with Gasteiger partial charge in [-0.25, -0.2) is 22.0 Å². The molecule has 0 amide bonds. The van der Waals surface area contributed by atoms with Crippen molar-refractivity contribution in [3.8, 4) is 0 Å². The molecule has 0 aliphatic carbocycles. The van der Waals surface area contributed by atoms with Gasteiger partial charge in [-0.3, -0.25) is 0 Å². The quantitative estimate of drug-likeness (QED) is 0.334. The number of benzene rings is 1. The van der Waals surface area contributed by atoms with Gasteiger partial charge >= 0.3 is 8.25 Å². The molecule has 100 valence electrons. The number of rotatable bonds is 0. The summed E-state index contributed by atoms with van der Waals surface area (Å²) in [6.07, 6.45) is 0. The Hall–Kier alpha value is -0.530. The molecule has 1 aromatic rings. The fraction of sp³-hybridized carbons (Fsp3) is 0. The van der Waals surface area contributed by atoms with Crippen molar-refractivity contribution in [1.29, 1.82) is 0 Å². The minimum Gasteiger partial charge on any atom is -0.204 e. The zero-order valence-corrected chi connectivity index (χ0v) is 10.1. The highest BCUT2D eigenvalue weighted by molar-refractivity contribution is 7.30. The largest absolute Gasteiger partial charge is 0.692 e. The molecule has 0 aromatic heterocycles. The van der Waals surface area contributed by atoms with E-state index in [1.807, 2.05) is 0 Å². The van der Waals surface area contributed by atoms with Crippen molar-refractivity contribution in [2.45, 2.75) is 0 Å². The van der Waals surface area contributed by atoms with Crippen LogP contribution in [0.1, 0.15) is 0 Å². The first-order chi connectivity index (χ1) is 6.77. The Labute approximate surface area is 105 Å². The van der Waals surface area contributed by atoms with Crippen molar-refractivity contribution in [3.05, 3.63) is 35.2 Å². The summed E-state index contributed by atoms with van der Waals surface area (Å²) in [6, 6.07) is -0.0618. The third kappa shape index (κ3) is 7.40. The van der Waals surface area contributed by atoms with E-state index in [4.69, 9.17) is 14.4 Å². The molecule has 0 aliphatic rings. The van der Waals surface area contributed by atoms with Gasteiger partial charge in [0.15, 0.2) is 23.3 Å². The van der Waals surface area contributed by atoms with Crippen LogP contribution in [0.15, 0.2) is 6.07 Å². The van der Waals surface area contributed by atoms with Crippen molar-refractivity contribution >= 4 is 33.1 Å². The molecule has 0 bridgehead atoms. The van der Waals surface area contributed by atoms with Crippen molar-refractivity contribution in [1.82, 2.24) is 0 Å². The highest BCUT2D eigenvalue weighted by Crippen LogP contribution is 2.16. The Morgan fingerprint density at radius 1 is 0.824 bits per heavy atom. The van der Waals surface area contributed by atoms with Crippen LogP contribution in [0.4, 0.5) is 22.0 Å². The van der Waals surface area contributed by atoms with Gasteiger partial charge in [0, 0.05) is 10.6 Å². The third-order valence-electron chi connectivity index (χ3n) is 1.06. The van der Waals surface area contributed by atoms with E-state index in [0.29, 0.717) is 0 Å². The van der Waals surface area contributed by atoms with Gasteiger partial charge in [0.2, 0.25) is 5.82 Å². The lowest BCUT2D eigenvalue weighted by Gasteiger charge is -1.96. The highest BCUT2D eigenvalue weighted by atomic mass is 35.5. The van der Waals surface area contributed by atoms with Crippen molar-refractivity contribution in [2.24, 2.45) is 0 Å². The fourth-order valence-electron chi connectivity index (χ4n) is 0.544. The summed E-state index contributed by atoms with van der Waals surface area (Å²) < 4.78 is 68.8. The van der Waals surface area contributed by atoms with Crippen LogP contribution in [0.25, 0.3) is 0 Å². The van der Waals surface area contributed by atoms with Crippen molar-refractivity contribution in [2.75, 3.05) is 0 Å². The predicted molar refractivity (Wildman–Crippen MR) is 52.8 cm³/mol. The standard InChI is InChI=1S/C6HF5.2ClH.HO3P/c7-2-1-3(8)5(10)6(11)4(2)9;;;1-4(2)3/h1H;2*1H;(H-,1,2,3)/p+1. The average Bonchev–Trinajstić information content (AvgIpc) is 2.11. The molecule has 0 atom stereocenters. The van der Waals surface area contributed by atoms with Gasteiger partial charge in [0.25, 0.3) is 0 Å². The minimum atomic E-state index is -2.87. The van der Waals surface area contributed by atoms with Crippen LogP contribution in [-0.4, -0.2) is 9.79 Å². The zero-order chi connectivity index (χ0) is 12.2. The maximum atomic E-state index is 12.0. The Balaban J connectivity index is -0.000000289. The molecule has 17 heavy (non-hydrogen) atoms. The molecule has 0 fully saturated rings. The molecular formula is C6H5Cl2F5O3P+. The Morgan fingerprint density at radius 2 is 1.06 bits per heavy atom. The first kappa shape index (κ1) is 21.7. The summed E-state index contributed by atoms with van der Waals surface area (Å²) in [7, 11) is -2.87. The molecule has 0 radical (unpaired) electrons. The summed E-state index contributed by atoms with van der Waals surface area (Å²) >= 11 is 0. The number of halogens is 7. The first-order valence-electron chi connectivity index (χ1n) is 3.10. The maximum Gasteiger partial charge on any atom is 0.692 e. The van der Waals surface area contributed by atoms with Crippen molar-refractivity contribution in [3.63, 3.8) is 0 Å². The third-order valence-corrected chi connectivity index (χ3v) is 1.06. The summed E-state index contributed by atoms with van der Waals surface area (Å²) in [5, 5.41) is 0. The topological polar surface area (TPSA) is 57.5 Å². The highest BCUT2D eigenvalue weighted by Gasteiger charge is 2.18. The number of hydrogen-bond donors (Lipinski definition) is 2. The molecule has 3 nitrogen and oxygen atoms in total. The fourth-order valence-corrected chi connectivity index (χ4v) is 0.544. The van der Waals surface area contributed by atoms with Gasteiger partial charge in [-0.15, -0.1) is 34.6 Å². The second-order valence-electron chi connectivity index (χ2n) is 2.03. The molecule has 0 spiro atoms. The molecule has 0 saturated carbocycles. The van der Waals surface area contributed by atoms with Gasteiger partial charge in [0.1, 0.15) is 0 Å². The van der Waals surface area contributed by atoms with Gasteiger partial charge in [0.05, 0.1) is 0 Å². The van der Waals surface area contributed by atoms with Crippen LogP contribution < -0.4 is 0 Å². The summed E-state index contributed by atoms with van der Waals surface area (Å²) in [5.74, 6) is -9.65. The molecule has 2 N–H and O–H groups in total. The lowest BCUT2D eigenvalue weighted by Crippen LogP contribution is -1.98. The lowest BCUT2D eigenvalue weighted by atomic mass is 10.3. The van der Waals surface area contributed by atoms with Gasteiger partial charge in [-0.05, 0) is 0 Å². The molecule has 0 aliphatic heterocycles. The van der Waals surface area contributed by atoms with Crippen molar-refractivity contribution < 1.29 is 36.3 Å². The molecule has 0 unspecified atom stereocenters. The van der Waals surface area contributed by atoms with Gasteiger partial charge < -0.3 is 0 Å². The molecule has 11 heteroatoms. The van der Waals surface area contributed by atoms with E-state index >= 15 is 0 Å². The van der Waals surface area contributed by atoms with E-state index in [2.05, 4.69) is 0 Å². The minimum absolute atomic E-state index is 0. The second kappa shape index (κ2) is 9.49. The smallest absolute Gasteiger partial charge is 0.204 e. The Bertz CT molecular complexity index is 362. The number of hydrogen-bond acceptors (Lipinski definition) is 1. The lowest BCUT2D eigenvalue weighted by molar-refractivity contribution is 0.378. The molecule has 0 heterocycles. The van der Waals surface area contributed by atoms with Crippen LogP contribution >= 0.6 is 33.1 Å². The molecule has 1 aromatic carbocycles. The SMILES string of the molecule is Cl.Cl.Fc1cc(F)c(F)c(F)c1F.O=[P+](O)O. The van der Waals surface area contributed by atoms with Crippen LogP contribution in [0.3, 0.4) is 0 Å². The second-order valence-corrected chi connectivity index (χ2v) is 2.54. The summed E-state index contributed by atoms with van der Waals surface area (Å²) in [5.41, 5.74) is 0. The van der Waals surface area contributed by atoms with E-state index in [1.54, 1.807) is 0 Å². The predicted octanol–water partition coefficient (Wildman–Crippen LogP) is 2.85. The van der Waals surface area contributed by atoms with E-state index in [0.717, 1.165) is 0 Å². The first-order valence-corrected chi connectivity index (χ1v) is 4.27. The normalized spacial score (nSPS) is 8.18. The maximum absolute atomic E-state index is 12.0. The monoisotopic (exact) mass is 321 g/mol. The summed E-state index contributed by atoms with van der Waals surface area (Å²) in [4.78, 5) is 14.2. The van der Waals surface area contributed by atoms with Crippen LogP contribution in [0.5, 0.6) is 0 Å². The summed E-state index contributed by atoms with van der Waals surface area (Å²) in [6.45, 7) is 0. The van der Waals surface area contributed by atoms with Crippen LogP contribution in [0.2, 0.25) is 0 Å². The van der Waals surface area contributed by atoms with E-state index in [-0.39, 0.29) is 30.9 Å². The molecular weight excluding hydrogens is 317 g/mol. The van der Waals surface area contributed by atoms with E-state index in [9.17, 15) is 22.0 Å². The molecule has 1 rings (SSSR count). The van der Waals surface area contributed by atoms with Crippen LogP contribution in [0, 0.1) is 29.1 Å². The van der Waals surface area contributed by atoms with Crippen LogP contribution in [-0.2, 0) is 4.57 Å². The zero-order valence-electron chi connectivity index (χ0n) is 7.53. The molecule has 0 saturated heterocycles. The Kier molecular flexibility index (Phi) is 12.1. The average molecular weight is 322 g/mol. The van der Waals surface area contributed by atoms with Gasteiger partial charge in [-0.2, -0.15) is 0 Å².